The third-order valence-corrected chi connectivity index (χ3v) is 3.05. The summed E-state index contributed by atoms with van der Waals surface area (Å²) in [5.74, 6) is 0.808. The molecule has 0 radical (unpaired) electrons. The number of allylic oxidation sites excluding steroid dienone is 1. The molecule has 1 rings (SSSR count). The molecule has 0 fully saturated rings. The van der Waals surface area contributed by atoms with Crippen LogP contribution < -0.4 is 0 Å². The lowest BCUT2D eigenvalue weighted by atomic mass is 10.2. The standard InChI is InChI=1S/C12H14ClNOS/c1-9-7-11(12(13)14-8-9)5-3-4-6-16-10(2)15/h3,5,7-8H,4,6H2,1-2H3. The highest BCUT2D eigenvalue weighted by molar-refractivity contribution is 8.13. The Kier molecular flexibility index (Phi) is 5.56. The van der Waals surface area contributed by atoms with E-state index in [4.69, 9.17) is 11.6 Å². The SMILES string of the molecule is CC(=O)SCCC=Cc1cc(C)cnc1Cl. The molecule has 1 aromatic rings. The van der Waals surface area contributed by atoms with Crippen LogP contribution in [0.25, 0.3) is 6.08 Å². The zero-order chi connectivity index (χ0) is 12.0. The van der Waals surface area contributed by atoms with Gasteiger partial charge in [-0.2, -0.15) is 0 Å². The molecule has 0 N–H and O–H groups in total. The molecule has 0 unspecified atom stereocenters. The van der Waals surface area contributed by atoms with E-state index in [1.54, 1.807) is 13.1 Å². The number of hydrogen-bond acceptors (Lipinski definition) is 3. The third kappa shape index (κ3) is 4.81. The van der Waals surface area contributed by atoms with Gasteiger partial charge in [0.2, 0.25) is 0 Å². The number of nitrogens with zero attached hydrogens (tertiary/aromatic N) is 1. The van der Waals surface area contributed by atoms with Crippen molar-refractivity contribution in [2.75, 3.05) is 5.75 Å². The fourth-order valence-electron chi connectivity index (χ4n) is 1.17. The molecule has 0 aromatic carbocycles. The Morgan fingerprint density at radius 3 is 3.06 bits per heavy atom. The minimum Gasteiger partial charge on any atom is -0.288 e. The van der Waals surface area contributed by atoms with Gasteiger partial charge in [-0.05, 0) is 25.0 Å². The van der Waals surface area contributed by atoms with Crippen molar-refractivity contribution in [1.82, 2.24) is 4.98 Å². The summed E-state index contributed by atoms with van der Waals surface area (Å²) in [5.41, 5.74) is 2.01. The van der Waals surface area contributed by atoms with E-state index in [2.05, 4.69) is 4.98 Å². The molecule has 0 spiro atoms. The highest BCUT2D eigenvalue weighted by Gasteiger charge is 1.97. The lowest BCUT2D eigenvalue weighted by Crippen LogP contribution is -1.85. The molecule has 0 bridgehead atoms. The van der Waals surface area contributed by atoms with Gasteiger partial charge >= 0.3 is 0 Å². The maximum absolute atomic E-state index is 10.7. The second-order valence-electron chi connectivity index (χ2n) is 3.42. The molecule has 1 heterocycles. The van der Waals surface area contributed by atoms with Crippen LogP contribution in [0.4, 0.5) is 0 Å². The van der Waals surface area contributed by atoms with E-state index in [1.165, 1.54) is 11.8 Å². The Bertz CT molecular complexity index is 404. The van der Waals surface area contributed by atoms with Crippen LogP contribution in [0.5, 0.6) is 0 Å². The second kappa shape index (κ2) is 6.71. The number of carbonyl (C=O) groups excluding carboxylic acids is 1. The largest absolute Gasteiger partial charge is 0.288 e. The Labute approximate surface area is 105 Å². The summed E-state index contributed by atoms with van der Waals surface area (Å²) < 4.78 is 0. The summed E-state index contributed by atoms with van der Waals surface area (Å²) in [6, 6.07) is 1.99. The van der Waals surface area contributed by atoms with E-state index in [9.17, 15) is 4.79 Å². The van der Waals surface area contributed by atoms with Crippen molar-refractivity contribution in [3.05, 3.63) is 34.6 Å². The first-order valence-corrected chi connectivity index (χ1v) is 6.38. The number of aryl methyl sites for hydroxylation is 1. The number of carbonyl (C=O) groups is 1. The summed E-state index contributed by atoms with van der Waals surface area (Å²) in [7, 11) is 0. The maximum atomic E-state index is 10.7. The quantitative estimate of drug-likeness (QED) is 0.607. The van der Waals surface area contributed by atoms with Crippen LogP contribution in [0, 0.1) is 6.92 Å². The van der Waals surface area contributed by atoms with Crippen molar-refractivity contribution in [1.29, 1.82) is 0 Å². The topological polar surface area (TPSA) is 30.0 Å². The van der Waals surface area contributed by atoms with Gasteiger partial charge < -0.3 is 0 Å². The van der Waals surface area contributed by atoms with Crippen LogP contribution in [0.1, 0.15) is 24.5 Å². The number of rotatable bonds is 4. The summed E-state index contributed by atoms with van der Waals surface area (Å²) in [4.78, 5) is 14.7. The molecule has 0 saturated heterocycles. The first-order chi connectivity index (χ1) is 7.59. The third-order valence-electron chi connectivity index (χ3n) is 1.89. The molecule has 0 amide bonds. The van der Waals surface area contributed by atoms with Crippen LogP contribution in [0.15, 0.2) is 18.3 Å². The highest BCUT2D eigenvalue weighted by Crippen LogP contribution is 2.16. The molecule has 1 aromatic heterocycles. The van der Waals surface area contributed by atoms with Crippen molar-refractivity contribution >= 4 is 34.6 Å². The lowest BCUT2D eigenvalue weighted by Gasteiger charge is -1.98. The molecule has 0 saturated carbocycles. The molecule has 2 nitrogen and oxygen atoms in total. The van der Waals surface area contributed by atoms with E-state index < -0.39 is 0 Å². The minimum atomic E-state index is 0.156. The molecule has 0 aliphatic heterocycles. The molecule has 0 aliphatic carbocycles. The monoisotopic (exact) mass is 255 g/mol. The number of aromatic nitrogens is 1. The Morgan fingerprint density at radius 1 is 1.62 bits per heavy atom. The fourth-order valence-corrected chi connectivity index (χ4v) is 1.88. The average molecular weight is 256 g/mol. The van der Waals surface area contributed by atoms with E-state index in [-0.39, 0.29) is 5.12 Å². The molecular formula is C12H14ClNOS. The van der Waals surface area contributed by atoms with Gasteiger partial charge in [0, 0.05) is 24.4 Å². The number of pyridine rings is 1. The van der Waals surface area contributed by atoms with E-state index in [0.717, 1.165) is 23.3 Å². The van der Waals surface area contributed by atoms with Crippen LogP contribution >= 0.6 is 23.4 Å². The van der Waals surface area contributed by atoms with Gasteiger partial charge in [0.25, 0.3) is 0 Å². The molecule has 0 aliphatic rings. The molecule has 86 valence electrons. The van der Waals surface area contributed by atoms with Gasteiger partial charge in [0.05, 0.1) is 0 Å². The number of halogens is 1. The van der Waals surface area contributed by atoms with Crippen molar-refractivity contribution in [2.24, 2.45) is 0 Å². The van der Waals surface area contributed by atoms with Gasteiger partial charge in [-0.15, -0.1) is 0 Å². The summed E-state index contributed by atoms with van der Waals surface area (Å²) in [6.07, 6.45) is 6.56. The van der Waals surface area contributed by atoms with Crippen molar-refractivity contribution < 1.29 is 4.79 Å². The van der Waals surface area contributed by atoms with Crippen LogP contribution in [0.3, 0.4) is 0 Å². The average Bonchev–Trinajstić information content (AvgIpc) is 2.22. The molecular weight excluding hydrogens is 242 g/mol. The van der Waals surface area contributed by atoms with Crippen LogP contribution in [-0.4, -0.2) is 15.9 Å². The van der Waals surface area contributed by atoms with Crippen molar-refractivity contribution in [2.45, 2.75) is 20.3 Å². The Balaban J connectivity index is 2.49. The zero-order valence-corrected chi connectivity index (χ0v) is 10.9. The minimum absolute atomic E-state index is 0.156. The van der Waals surface area contributed by atoms with E-state index >= 15 is 0 Å². The normalized spacial score (nSPS) is 10.9. The molecule has 4 heteroatoms. The number of thioether (sulfide) groups is 1. The molecule has 16 heavy (non-hydrogen) atoms. The highest BCUT2D eigenvalue weighted by atomic mass is 35.5. The van der Waals surface area contributed by atoms with E-state index in [1.807, 2.05) is 25.1 Å². The van der Waals surface area contributed by atoms with Crippen LogP contribution in [0.2, 0.25) is 5.15 Å². The predicted molar refractivity (Wildman–Crippen MR) is 70.8 cm³/mol. The van der Waals surface area contributed by atoms with Crippen molar-refractivity contribution in [3.8, 4) is 0 Å². The first-order valence-electron chi connectivity index (χ1n) is 5.01. The van der Waals surface area contributed by atoms with Gasteiger partial charge in [0.15, 0.2) is 5.12 Å². The van der Waals surface area contributed by atoms with E-state index in [0.29, 0.717) is 5.15 Å². The summed E-state index contributed by atoms with van der Waals surface area (Å²) in [6.45, 7) is 3.56. The van der Waals surface area contributed by atoms with Gasteiger partial charge in [0.1, 0.15) is 5.15 Å². The molecule has 0 atom stereocenters. The zero-order valence-electron chi connectivity index (χ0n) is 9.37. The Hall–Kier alpha value is -0.800. The van der Waals surface area contributed by atoms with Crippen molar-refractivity contribution in [3.63, 3.8) is 0 Å². The van der Waals surface area contributed by atoms with Gasteiger partial charge in [-0.3, -0.25) is 4.79 Å². The first kappa shape index (κ1) is 13.3. The van der Waals surface area contributed by atoms with Crippen LogP contribution in [-0.2, 0) is 4.79 Å². The smallest absolute Gasteiger partial charge is 0.185 e. The van der Waals surface area contributed by atoms with Gasteiger partial charge in [-0.1, -0.05) is 35.5 Å². The second-order valence-corrected chi connectivity index (χ2v) is 5.05. The predicted octanol–water partition coefficient (Wildman–Crippen LogP) is 3.73. The Morgan fingerprint density at radius 2 is 2.38 bits per heavy atom. The lowest BCUT2D eigenvalue weighted by molar-refractivity contribution is -0.109. The summed E-state index contributed by atoms with van der Waals surface area (Å²) in [5, 5.41) is 0.671. The van der Waals surface area contributed by atoms with Gasteiger partial charge in [-0.25, -0.2) is 4.98 Å². The maximum Gasteiger partial charge on any atom is 0.185 e. The number of hydrogen-bond donors (Lipinski definition) is 0. The summed E-state index contributed by atoms with van der Waals surface area (Å²) >= 11 is 7.27. The fraction of sp³-hybridized carbons (Fsp3) is 0.333.